The average molecular weight is 446 g/mol. The molecule has 8 nitrogen and oxygen atoms in total. The van der Waals surface area contributed by atoms with E-state index in [9.17, 15) is 13.2 Å². The number of aryl methyl sites for hydroxylation is 1. The maximum atomic E-state index is 12.6. The van der Waals surface area contributed by atoms with Crippen LogP contribution in [0.3, 0.4) is 0 Å². The lowest BCUT2D eigenvalue weighted by Crippen LogP contribution is -2.30. The highest BCUT2D eigenvalue weighted by molar-refractivity contribution is 7.89. The molecule has 0 saturated heterocycles. The highest BCUT2D eigenvalue weighted by Crippen LogP contribution is 2.25. The molecule has 0 aliphatic carbocycles. The highest BCUT2D eigenvalue weighted by atomic mass is 32.2. The summed E-state index contributed by atoms with van der Waals surface area (Å²) in [6, 6.07) is 8.27. The fraction of sp³-hybridized carbons (Fsp3) is 0.300. The van der Waals surface area contributed by atoms with Crippen LogP contribution >= 0.6 is 11.3 Å². The summed E-state index contributed by atoms with van der Waals surface area (Å²) in [4.78, 5) is 26.0. The van der Waals surface area contributed by atoms with Crippen molar-refractivity contribution >= 4 is 27.3 Å². The van der Waals surface area contributed by atoms with Crippen molar-refractivity contribution in [2.75, 3.05) is 13.1 Å². The minimum atomic E-state index is -3.49. The molecule has 0 radical (unpaired) electrons. The first-order chi connectivity index (χ1) is 14.4. The van der Waals surface area contributed by atoms with E-state index in [0.717, 1.165) is 5.56 Å². The van der Waals surface area contributed by atoms with Crippen LogP contribution in [0.15, 0.2) is 47.6 Å². The number of carbonyl (C=O) groups is 1. The zero-order valence-corrected chi connectivity index (χ0v) is 18.6. The van der Waals surface area contributed by atoms with Crippen molar-refractivity contribution in [2.45, 2.75) is 32.2 Å². The summed E-state index contributed by atoms with van der Waals surface area (Å²) in [5.74, 6) is 0.238. The number of sulfonamides is 1. The maximum Gasteiger partial charge on any atom is 0.263 e. The Labute approximate surface area is 180 Å². The molecule has 2 aromatic heterocycles. The molecule has 0 unspecified atom stereocenters. The van der Waals surface area contributed by atoms with Gasteiger partial charge < -0.3 is 5.32 Å². The predicted molar refractivity (Wildman–Crippen MR) is 116 cm³/mol. The third-order valence-electron chi connectivity index (χ3n) is 4.48. The first-order valence-electron chi connectivity index (χ1n) is 9.49. The standard InChI is InChI=1S/C20H23N5O3S2/c1-4-25(5-2)30(27,28)16-9-7-15(8-10-16)13-23-19(26)17-14(3)24-20(29-17)18-21-11-6-12-22-18/h6-12H,4-5,13H2,1-3H3,(H,23,26). The summed E-state index contributed by atoms with van der Waals surface area (Å²) < 4.78 is 26.5. The largest absolute Gasteiger partial charge is 0.347 e. The molecular formula is C20H23N5O3S2. The Bertz CT molecular complexity index is 1110. The fourth-order valence-electron chi connectivity index (χ4n) is 2.87. The van der Waals surface area contributed by atoms with Gasteiger partial charge in [0.1, 0.15) is 4.88 Å². The van der Waals surface area contributed by atoms with Crippen LogP contribution in [0.25, 0.3) is 10.8 Å². The van der Waals surface area contributed by atoms with Crippen LogP contribution < -0.4 is 5.32 Å². The van der Waals surface area contributed by atoms with Crippen LogP contribution in [-0.2, 0) is 16.6 Å². The molecule has 10 heteroatoms. The molecule has 3 aromatic rings. The van der Waals surface area contributed by atoms with Crippen LogP contribution in [0.4, 0.5) is 0 Å². The average Bonchev–Trinajstić information content (AvgIpc) is 3.15. The first kappa shape index (κ1) is 22.0. The van der Waals surface area contributed by atoms with E-state index in [1.165, 1.54) is 15.6 Å². The molecule has 1 aromatic carbocycles. The van der Waals surface area contributed by atoms with Gasteiger partial charge in [0.2, 0.25) is 10.0 Å². The van der Waals surface area contributed by atoms with Gasteiger partial charge in [0, 0.05) is 32.0 Å². The zero-order valence-electron chi connectivity index (χ0n) is 17.0. The Morgan fingerprint density at radius 1 is 1.10 bits per heavy atom. The van der Waals surface area contributed by atoms with Crippen molar-refractivity contribution < 1.29 is 13.2 Å². The van der Waals surface area contributed by atoms with Gasteiger partial charge in [-0.1, -0.05) is 26.0 Å². The van der Waals surface area contributed by atoms with E-state index < -0.39 is 10.0 Å². The Balaban J connectivity index is 1.68. The Kier molecular flexibility index (Phi) is 6.91. The van der Waals surface area contributed by atoms with E-state index >= 15 is 0 Å². The number of carbonyl (C=O) groups excluding carboxylic acids is 1. The first-order valence-corrected chi connectivity index (χ1v) is 11.7. The summed E-state index contributed by atoms with van der Waals surface area (Å²) in [7, 11) is -3.49. The van der Waals surface area contributed by atoms with Crippen molar-refractivity contribution in [2.24, 2.45) is 0 Å². The van der Waals surface area contributed by atoms with Gasteiger partial charge in [-0.15, -0.1) is 11.3 Å². The molecule has 1 amide bonds. The summed E-state index contributed by atoms with van der Waals surface area (Å²) in [5, 5.41) is 3.44. The van der Waals surface area contributed by atoms with Crippen molar-refractivity contribution in [3.63, 3.8) is 0 Å². The van der Waals surface area contributed by atoms with Crippen LogP contribution in [-0.4, -0.2) is 46.7 Å². The van der Waals surface area contributed by atoms with Crippen LogP contribution in [0.1, 0.15) is 34.8 Å². The summed E-state index contributed by atoms with van der Waals surface area (Å²) in [6.45, 7) is 6.49. The molecule has 3 rings (SSSR count). The summed E-state index contributed by atoms with van der Waals surface area (Å²) in [5.41, 5.74) is 1.41. The van der Waals surface area contributed by atoms with Gasteiger partial charge >= 0.3 is 0 Å². The molecule has 0 spiro atoms. The topological polar surface area (TPSA) is 105 Å². The number of amides is 1. The smallest absolute Gasteiger partial charge is 0.263 e. The number of nitrogens with one attached hydrogen (secondary N) is 1. The second-order valence-electron chi connectivity index (χ2n) is 6.42. The molecule has 0 aliphatic heterocycles. The van der Waals surface area contributed by atoms with Crippen molar-refractivity contribution in [3.05, 3.63) is 58.9 Å². The van der Waals surface area contributed by atoms with Crippen molar-refractivity contribution in [1.29, 1.82) is 0 Å². The van der Waals surface area contributed by atoms with Crippen molar-refractivity contribution in [1.82, 2.24) is 24.6 Å². The highest BCUT2D eigenvalue weighted by Gasteiger charge is 2.21. The lowest BCUT2D eigenvalue weighted by Gasteiger charge is -2.18. The SMILES string of the molecule is CCN(CC)S(=O)(=O)c1ccc(CNC(=O)c2sc(-c3ncccn3)nc2C)cc1. The summed E-state index contributed by atoms with van der Waals surface area (Å²) >= 11 is 1.24. The van der Waals surface area contributed by atoms with Crippen LogP contribution in [0.5, 0.6) is 0 Å². The number of rotatable bonds is 8. The number of thiazole rings is 1. The molecule has 0 aliphatic rings. The van der Waals surface area contributed by atoms with Gasteiger partial charge in [0.05, 0.1) is 10.6 Å². The molecule has 158 valence electrons. The molecule has 1 N–H and O–H groups in total. The van der Waals surface area contributed by atoms with Gasteiger partial charge in [-0.2, -0.15) is 4.31 Å². The molecular weight excluding hydrogens is 422 g/mol. The normalized spacial score (nSPS) is 11.6. The number of hydrogen-bond donors (Lipinski definition) is 1. The van der Waals surface area contributed by atoms with Gasteiger partial charge in [-0.3, -0.25) is 4.79 Å². The lowest BCUT2D eigenvalue weighted by molar-refractivity contribution is 0.0954. The van der Waals surface area contributed by atoms with E-state index in [-0.39, 0.29) is 17.3 Å². The number of benzene rings is 1. The molecule has 0 saturated carbocycles. The van der Waals surface area contributed by atoms with E-state index in [1.807, 2.05) is 13.8 Å². The van der Waals surface area contributed by atoms with E-state index in [0.29, 0.717) is 34.5 Å². The zero-order chi connectivity index (χ0) is 21.7. The van der Waals surface area contributed by atoms with Gasteiger partial charge in [-0.25, -0.2) is 23.4 Å². The third-order valence-corrected chi connectivity index (χ3v) is 7.70. The van der Waals surface area contributed by atoms with Gasteiger partial charge in [0.25, 0.3) is 5.91 Å². The molecule has 0 fully saturated rings. The molecule has 30 heavy (non-hydrogen) atoms. The Morgan fingerprint density at radius 3 is 2.33 bits per heavy atom. The van der Waals surface area contributed by atoms with E-state index in [4.69, 9.17) is 0 Å². The third kappa shape index (κ3) is 4.72. The van der Waals surface area contributed by atoms with Crippen molar-refractivity contribution in [3.8, 4) is 10.8 Å². The lowest BCUT2D eigenvalue weighted by atomic mass is 10.2. The van der Waals surface area contributed by atoms with E-state index in [2.05, 4.69) is 20.3 Å². The van der Waals surface area contributed by atoms with Crippen LogP contribution in [0.2, 0.25) is 0 Å². The molecule has 0 atom stereocenters. The fourth-order valence-corrected chi connectivity index (χ4v) is 5.26. The van der Waals surface area contributed by atoms with Gasteiger partial charge in [0.15, 0.2) is 10.8 Å². The van der Waals surface area contributed by atoms with Crippen LogP contribution in [0, 0.1) is 6.92 Å². The molecule has 0 bridgehead atoms. The Hall–Kier alpha value is -2.69. The second-order valence-corrected chi connectivity index (χ2v) is 9.36. The monoisotopic (exact) mass is 445 g/mol. The quantitative estimate of drug-likeness (QED) is 0.572. The molecule has 2 heterocycles. The second kappa shape index (κ2) is 9.41. The van der Waals surface area contributed by atoms with Gasteiger partial charge in [-0.05, 0) is 30.7 Å². The van der Waals surface area contributed by atoms with E-state index in [1.54, 1.807) is 49.6 Å². The predicted octanol–water partition coefficient (Wildman–Crippen LogP) is 2.87. The number of aromatic nitrogens is 3. The maximum absolute atomic E-state index is 12.6. The summed E-state index contributed by atoms with van der Waals surface area (Å²) in [6.07, 6.45) is 3.26. The minimum Gasteiger partial charge on any atom is -0.347 e. The Morgan fingerprint density at radius 2 is 1.73 bits per heavy atom. The number of nitrogens with zero attached hydrogens (tertiary/aromatic N) is 4. The number of hydrogen-bond acceptors (Lipinski definition) is 7. The minimum absolute atomic E-state index is 0.243.